The fraction of sp³-hybridized carbons (Fsp3) is 0.889. The lowest BCUT2D eigenvalue weighted by atomic mass is 9.45. The van der Waals surface area contributed by atoms with Crippen molar-refractivity contribution in [2.75, 3.05) is 6.61 Å². The molecule has 0 aromatic heterocycles. The molecule has 0 spiro atoms. The second kappa shape index (κ2) is 8.35. The summed E-state index contributed by atoms with van der Waals surface area (Å²) in [6.07, 6.45) is 12.7. The summed E-state index contributed by atoms with van der Waals surface area (Å²) in [4.78, 5) is 12.1. The molecule has 4 aliphatic carbocycles. The standard InChI is InChI=1S/C27H44O3/c1-17(16-28)6-5-7-18(2)21-8-9-22-25-23(11-13-27(21,22)4)26(3)12-10-20(29)14-19(26)15-24(25)30/h14,17-18,21-25,28,30H,5-13,15-16H2,1-4H3/t17?,18?,21-,22+,23+,24-,25+,26+,27-/m1/s1. The van der Waals surface area contributed by atoms with Gasteiger partial charge < -0.3 is 10.2 Å². The lowest BCUT2D eigenvalue weighted by molar-refractivity contribution is -0.124. The molecule has 9 atom stereocenters. The van der Waals surface area contributed by atoms with Crippen LogP contribution in [0, 0.1) is 46.3 Å². The van der Waals surface area contributed by atoms with Crippen LogP contribution < -0.4 is 0 Å². The van der Waals surface area contributed by atoms with Gasteiger partial charge in [-0.15, -0.1) is 0 Å². The Morgan fingerprint density at radius 3 is 2.60 bits per heavy atom. The van der Waals surface area contributed by atoms with E-state index in [1.165, 1.54) is 44.1 Å². The van der Waals surface area contributed by atoms with E-state index in [1.807, 2.05) is 6.08 Å². The van der Waals surface area contributed by atoms with Gasteiger partial charge in [0.1, 0.15) is 0 Å². The highest BCUT2D eigenvalue weighted by Crippen LogP contribution is 2.67. The van der Waals surface area contributed by atoms with Gasteiger partial charge in [0.05, 0.1) is 6.10 Å². The fourth-order valence-electron chi connectivity index (χ4n) is 8.58. The molecule has 0 heterocycles. The maximum Gasteiger partial charge on any atom is 0.155 e. The molecule has 30 heavy (non-hydrogen) atoms. The van der Waals surface area contributed by atoms with E-state index in [1.54, 1.807) is 0 Å². The molecule has 170 valence electrons. The summed E-state index contributed by atoms with van der Waals surface area (Å²) in [7, 11) is 0. The number of ketones is 1. The topological polar surface area (TPSA) is 57.5 Å². The fourth-order valence-corrected chi connectivity index (χ4v) is 8.58. The maximum absolute atomic E-state index is 12.1. The predicted octanol–water partition coefficient (Wildman–Crippen LogP) is 5.54. The molecule has 0 saturated heterocycles. The molecule has 3 nitrogen and oxygen atoms in total. The molecular formula is C27H44O3. The first-order valence-electron chi connectivity index (χ1n) is 12.7. The van der Waals surface area contributed by atoms with E-state index >= 15 is 0 Å². The van der Waals surface area contributed by atoms with Crippen molar-refractivity contribution in [3.8, 4) is 0 Å². The van der Waals surface area contributed by atoms with Crippen molar-refractivity contribution in [2.45, 2.75) is 98.0 Å². The van der Waals surface area contributed by atoms with Crippen LogP contribution in [0.15, 0.2) is 11.6 Å². The van der Waals surface area contributed by atoms with Gasteiger partial charge in [0.25, 0.3) is 0 Å². The van der Waals surface area contributed by atoms with Crippen molar-refractivity contribution in [2.24, 2.45) is 46.3 Å². The summed E-state index contributed by atoms with van der Waals surface area (Å²) in [5, 5.41) is 20.6. The van der Waals surface area contributed by atoms with Crippen molar-refractivity contribution in [3.63, 3.8) is 0 Å². The lowest BCUT2D eigenvalue weighted by Crippen LogP contribution is -2.55. The summed E-state index contributed by atoms with van der Waals surface area (Å²) >= 11 is 0. The number of aliphatic hydroxyl groups excluding tert-OH is 2. The lowest BCUT2D eigenvalue weighted by Gasteiger charge is -2.60. The molecule has 3 fully saturated rings. The molecule has 0 aliphatic heterocycles. The van der Waals surface area contributed by atoms with E-state index < -0.39 is 0 Å². The molecule has 0 amide bonds. The zero-order chi connectivity index (χ0) is 21.7. The third kappa shape index (κ3) is 3.62. The van der Waals surface area contributed by atoms with E-state index in [0.717, 1.165) is 31.1 Å². The minimum Gasteiger partial charge on any atom is -0.396 e. The van der Waals surface area contributed by atoms with Gasteiger partial charge in [-0.05, 0) is 97.4 Å². The minimum absolute atomic E-state index is 0.128. The summed E-state index contributed by atoms with van der Waals surface area (Å²) < 4.78 is 0. The second-order valence-corrected chi connectivity index (χ2v) is 12.0. The third-order valence-electron chi connectivity index (χ3n) is 10.4. The Morgan fingerprint density at radius 1 is 1.10 bits per heavy atom. The minimum atomic E-state index is -0.274. The quantitative estimate of drug-likeness (QED) is 0.598. The van der Waals surface area contributed by atoms with E-state index in [0.29, 0.717) is 42.1 Å². The smallest absolute Gasteiger partial charge is 0.155 e. The summed E-state index contributed by atoms with van der Waals surface area (Å²) in [6.45, 7) is 9.85. The first-order valence-corrected chi connectivity index (χ1v) is 12.7. The van der Waals surface area contributed by atoms with E-state index in [4.69, 9.17) is 0 Å². The average molecular weight is 417 g/mol. The van der Waals surface area contributed by atoms with Gasteiger partial charge in [0, 0.05) is 13.0 Å². The van der Waals surface area contributed by atoms with E-state index in [9.17, 15) is 15.0 Å². The Kier molecular flexibility index (Phi) is 6.27. The molecule has 3 saturated carbocycles. The van der Waals surface area contributed by atoms with Crippen LogP contribution >= 0.6 is 0 Å². The molecule has 0 aromatic rings. The number of aliphatic hydroxyl groups is 2. The van der Waals surface area contributed by atoms with Crippen LogP contribution in [-0.4, -0.2) is 28.7 Å². The van der Waals surface area contributed by atoms with Crippen LogP contribution in [0.25, 0.3) is 0 Å². The third-order valence-corrected chi connectivity index (χ3v) is 10.4. The summed E-state index contributed by atoms with van der Waals surface area (Å²) in [6, 6.07) is 0. The Labute approximate surface area is 183 Å². The van der Waals surface area contributed by atoms with Crippen LogP contribution in [0.4, 0.5) is 0 Å². The number of hydrogen-bond acceptors (Lipinski definition) is 3. The van der Waals surface area contributed by atoms with Gasteiger partial charge in [0.15, 0.2) is 5.78 Å². The normalized spacial score (nSPS) is 45.2. The largest absolute Gasteiger partial charge is 0.396 e. The van der Waals surface area contributed by atoms with Crippen LogP contribution in [0.2, 0.25) is 0 Å². The highest BCUT2D eigenvalue weighted by Gasteiger charge is 2.61. The monoisotopic (exact) mass is 416 g/mol. The SMILES string of the molecule is CC(CO)CCCC(C)[C@H]1CC[C@H]2[C@@H]3[C@H](O)CC4=CC(=O)CC[C@]4(C)[C@H]3CC[C@]12C. The van der Waals surface area contributed by atoms with Gasteiger partial charge in [-0.1, -0.05) is 46.1 Å². The first-order chi connectivity index (χ1) is 14.2. The van der Waals surface area contributed by atoms with Crippen LogP contribution in [-0.2, 0) is 4.79 Å². The number of carbonyl (C=O) groups excluding carboxylic acids is 1. The predicted molar refractivity (Wildman–Crippen MR) is 121 cm³/mol. The summed E-state index contributed by atoms with van der Waals surface area (Å²) in [5.74, 6) is 3.75. The van der Waals surface area contributed by atoms with Crippen molar-refractivity contribution in [1.29, 1.82) is 0 Å². The second-order valence-electron chi connectivity index (χ2n) is 12.0. The van der Waals surface area contributed by atoms with Crippen LogP contribution in [0.5, 0.6) is 0 Å². The average Bonchev–Trinajstić information content (AvgIpc) is 3.06. The maximum atomic E-state index is 12.1. The van der Waals surface area contributed by atoms with Gasteiger partial charge >= 0.3 is 0 Å². The molecular weight excluding hydrogens is 372 g/mol. The molecule has 0 bridgehead atoms. The van der Waals surface area contributed by atoms with Gasteiger partial charge in [-0.2, -0.15) is 0 Å². The molecule has 2 unspecified atom stereocenters. The highest BCUT2D eigenvalue weighted by atomic mass is 16.3. The molecule has 4 rings (SSSR count). The van der Waals surface area contributed by atoms with Gasteiger partial charge in [-0.3, -0.25) is 4.79 Å². The molecule has 0 radical (unpaired) electrons. The zero-order valence-corrected chi connectivity index (χ0v) is 19.7. The number of rotatable bonds is 6. The number of carbonyl (C=O) groups is 1. The van der Waals surface area contributed by atoms with Crippen LogP contribution in [0.1, 0.15) is 91.9 Å². The molecule has 4 aliphatic rings. The van der Waals surface area contributed by atoms with Gasteiger partial charge in [-0.25, -0.2) is 0 Å². The number of hydrogen-bond donors (Lipinski definition) is 2. The van der Waals surface area contributed by atoms with Crippen molar-refractivity contribution >= 4 is 5.78 Å². The van der Waals surface area contributed by atoms with Crippen molar-refractivity contribution in [1.82, 2.24) is 0 Å². The Bertz CT molecular complexity index is 684. The highest BCUT2D eigenvalue weighted by molar-refractivity contribution is 5.91. The molecule has 3 heteroatoms. The first kappa shape index (κ1) is 22.5. The Morgan fingerprint density at radius 2 is 1.87 bits per heavy atom. The van der Waals surface area contributed by atoms with E-state index in [2.05, 4.69) is 27.7 Å². The van der Waals surface area contributed by atoms with Crippen LogP contribution in [0.3, 0.4) is 0 Å². The molecule has 2 N–H and O–H groups in total. The van der Waals surface area contributed by atoms with Gasteiger partial charge in [0.2, 0.25) is 0 Å². The van der Waals surface area contributed by atoms with Crippen molar-refractivity contribution < 1.29 is 15.0 Å². The van der Waals surface area contributed by atoms with Crippen molar-refractivity contribution in [3.05, 3.63) is 11.6 Å². The molecule has 0 aromatic carbocycles. The zero-order valence-electron chi connectivity index (χ0n) is 19.7. The Hall–Kier alpha value is -0.670. The van der Waals surface area contributed by atoms with E-state index in [-0.39, 0.29) is 17.3 Å². The summed E-state index contributed by atoms with van der Waals surface area (Å²) in [5.41, 5.74) is 1.73. The number of fused-ring (bicyclic) bond motifs is 5. The Balaban J connectivity index is 1.50.